The Hall–Kier alpha value is -2.86. The maximum absolute atomic E-state index is 12.5. The summed E-state index contributed by atoms with van der Waals surface area (Å²) < 4.78 is 17.5. The summed E-state index contributed by atoms with van der Waals surface area (Å²) in [4.78, 5) is 24.5. The molecule has 1 heterocycles. The fourth-order valence-corrected chi connectivity index (χ4v) is 3.23. The van der Waals surface area contributed by atoms with Crippen molar-refractivity contribution in [2.45, 2.75) is 26.8 Å². The van der Waals surface area contributed by atoms with Crippen LogP contribution in [0.15, 0.2) is 36.4 Å². The topological polar surface area (TPSA) is 66.8 Å². The second-order valence-electron chi connectivity index (χ2n) is 6.60. The number of benzene rings is 1. The summed E-state index contributed by atoms with van der Waals surface area (Å²) in [5.74, 6) is -0.103. The van der Waals surface area contributed by atoms with Crippen LogP contribution in [-0.4, -0.2) is 43.8 Å². The molecule has 2 rings (SSSR count). The van der Waals surface area contributed by atoms with Crippen LogP contribution < -0.4 is 4.74 Å². The molecule has 0 aliphatic rings. The molecule has 0 unspecified atom stereocenters. The molecule has 2 aromatic rings. The molecule has 0 fully saturated rings. The van der Waals surface area contributed by atoms with Crippen LogP contribution in [0.5, 0.6) is 5.75 Å². The largest absolute Gasteiger partial charge is 0.497 e. The number of carbonyl (C=O) groups excluding carboxylic acids is 2. The van der Waals surface area contributed by atoms with E-state index in [0.29, 0.717) is 17.9 Å². The molecule has 1 atom stereocenters. The standard InChI is InChI=1S/C22H27NO5/c1-15-11-20(17(3)23(15)16(2)13-26-4)21(24)14-28-22(25)10-9-18-7-6-8-19(12-18)27-5/h6-12,16H,13-14H2,1-5H3/b10-9+/t16-/m1/s1. The van der Waals surface area contributed by atoms with Gasteiger partial charge in [-0.3, -0.25) is 4.79 Å². The van der Waals surface area contributed by atoms with Crippen molar-refractivity contribution in [2.24, 2.45) is 0 Å². The van der Waals surface area contributed by atoms with Gasteiger partial charge in [-0.2, -0.15) is 0 Å². The molecule has 6 nitrogen and oxygen atoms in total. The number of Topliss-reactive ketones (excluding diaryl/α,β-unsaturated/α-hetero) is 1. The van der Waals surface area contributed by atoms with E-state index in [-0.39, 0.29) is 18.4 Å². The lowest BCUT2D eigenvalue weighted by Crippen LogP contribution is -2.16. The zero-order valence-corrected chi connectivity index (χ0v) is 17.0. The number of hydrogen-bond donors (Lipinski definition) is 0. The molecule has 0 spiro atoms. The molecule has 0 saturated heterocycles. The minimum atomic E-state index is -0.572. The van der Waals surface area contributed by atoms with Gasteiger partial charge >= 0.3 is 5.97 Å². The van der Waals surface area contributed by atoms with Crippen molar-refractivity contribution in [2.75, 3.05) is 27.4 Å². The lowest BCUT2D eigenvalue weighted by atomic mass is 10.1. The molecule has 6 heteroatoms. The van der Waals surface area contributed by atoms with Crippen molar-refractivity contribution in [3.63, 3.8) is 0 Å². The number of methoxy groups -OCH3 is 2. The van der Waals surface area contributed by atoms with Crippen LogP contribution >= 0.6 is 0 Å². The first-order valence-corrected chi connectivity index (χ1v) is 9.06. The van der Waals surface area contributed by atoms with Gasteiger partial charge in [-0.25, -0.2) is 4.79 Å². The van der Waals surface area contributed by atoms with Crippen molar-refractivity contribution in [1.29, 1.82) is 0 Å². The average molecular weight is 385 g/mol. The lowest BCUT2D eigenvalue weighted by molar-refractivity contribution is -0.136. The zero-order chi connectivity index (χ0) is 20.7. The monoisotopic (exact) mass is 385 g/mol. The molecule has 0 aliphatic carbocycles. The molecule has 0 aliphatic heterocycles. The van der Waals surface area contributed by atoms with E-state index in [2.05, 4.69) is 4.57 Å². The highest BCUT2D eigenvalue weighted by Gasteiger charge is 2.19. The summed E-state index contributed by atoms with van der Waals surface area (Å²) in [5, 5.41) is 0. The van der Waals surface area contributed by atoms with Gasteiger partial charge in [-0.15, -0.1) is 0 Å². The first kappa shape index (κ1) is 21.4. The van der Waals surface area contributed by atoms with Crippen LogP contribution in [-0.2, 0) is 14.3 Å². The Bertz CT molecular complexity index is 866. The van der Waals surface area contributed by atoms with E-state index in [1.165, 1.54) is 6.08 Å². The van der Waals surface area contributed by atoms with E-state index in [0.717, 1.165) is 17.0 Å². The number of nitrogens with zero attached hydrogens (tertiary/aromatic N) is 1. The number of rotatable bonds is 9. The Morgan fingerprint density at radius 3 is 2.61 bits per heavy atom. The molecule has 0 bridgehead atoms. The van der Waals surface area contributed by atoms with Crippen LogP contribution in [0, 0.1) is 13.8 Å². The van der Waals surface area contributed by atoms with E-state index < -0.39 is 5.97 Å². The number of esters is 1. The minimum Gasteiger partial charge on any atom is -0.497 e. The Balaban J connectivity index is 1.99. The fraction of sp³-hybridized carbons (Fsp3) is 0.364. The molecular weight excluding hydrogens is 358 g/mol. The highest BCUT2D eigenvalue weighted by molar-refractivity contribution is 6.00. The van der Waals surface area contributed by atoms with Crippen molar-refractivity contribution in [3.8, 4) is 5.75 Å². The van der Waals surface area contributed by atoms with E-state index in [1.54, 1.807) is 26.4 Å². The van der Waals surface area contributed by atoms with Crippen LogP contribution in [0.25, 0.3) is 6.08 Å². The number of carbonyl (C=O) groups is 2. The summed E-state index contributed by atoms with van der Waals surface area (Å²) in [5.41, 5.74) is 3.17. The zero-order valence-electron chi connectivity index (χ0n) is 17.0. The second-order valence-corrected chi connectivity index (χ2v) is 6.60. The van der Waals surface area contributed by atoms with Gasteiger partial charge in [-0.1, -0.05) is 12.1 Å². The third-order valence-corrected chi connectivity index (χ3v) is 4.48. The van der Waals surface area contributed by atoms with Gasteiger partial charge in [0.1, 0.15) is 5.75 Å². The Labute approximate surface area is 165 Å². The molecule has 150 valence electrons. The maximum atomic E-state index is 12.5. The fourth-order valence-electron chi connectivity index (χ4n) is 3.23. The van der Waals surface area contributed by atoms with Crippen molar-refractivity contribution < 1.29 is 23.8 Å². The van der Waals surface area contributed by atoms with Gasteiger partial charge in [0.15, 0.2) is 6.61 Å². The Morgan fingerprint density at radius 2 is 1.93 bits per heavy atom. The van der Waals surface area contributed by atoms with Crippen LogP contribution in [0.2, 0.25) is 0 Å². The number of aryl methyl sites for hydroxylation is 1. The summed E-state index contributed by atoms with van der Waals surface area (Å²) in [6.45, 7) is 6.11. The molecule has 0 saturated carbocycles. The smallest absolute Gasteiger partial charge is 0.331 e. The summed E-state index contributed by atoms with van der Waals surface area (Å²) in [6.07, 6.45) is 2.92. The Morgan fingerprint density at radius 1 is 1.18 bits per heavy atom. The molecular formula is C22H27NO5. The summed E-state index contributed by atoms with van der Waals surface area (Å²) in [7, 11) is 3.23. The first-order chi connectivity index (χ1) is 13.4. The third kappa shape index (κ3) is 5.33. The molecule has 1 aromatic carbocycles. The predicted molar refractivity (Wildman–Crippen MR) is 108 cm³/mol. The number of ether oxygens (including phenoxy) is 3. The van der Waals surface area contributed by atoms with E-state index >= 15 is 0 Å². The molecule has 0 amide bonds. The highest BCUT2D eigenvalue weighted by atomic mass is 16.5. The van der Waals surface area contributed by atoms with E-state index in [4.69, 9.17) is 14.2 Å². The number of ketones is 1. The van der Waals surface area contributed by atoms with Gasteiger partial charge in [0, 0.05) is 30.1 Å². The Kier molecular flexibility index (Phi) is 7.58. The molecule has 0 N–H and O–H groups in total. The normalized spacial score (nSPS) is 12.2. The molecule has 1 aromatic heterocycles. The average Bonchev–Trinajstić information content (AvgIpc) is 2.99. The van der Waals surface area contributed by atoms with Crippen LogP contribution in [0.3, 0.4) is 0 Å². The van der Waals surface area contributed by atoms with E-state index in [1.807, 2.05) is 45.0 Å². The van der Waals surface area contributed by atoms with Crippen LogP contribution in [0.4, 0.5) is 0 Å². The number of aromatic nitrogens is 1. The molecule has 0 radical (unpaired) electrons. The van der Waals surface area contributed by atoms with Crippen LogP contribution in [0.1, 0.15) is 40.3 Å². The van der Waals surface area contributed by atoms with Gasteiger partial charge in [0.05, 0.1) is 19.8 Å². The number of hydrogen-bond acceptors (Lipinski definition) is 5. The lowest BCUT2D eigenvalue weighted by Gasteiger charge is -2.17. The van der Waals surface area contributed by atoms with Crippen molar-refractivity contribution in [1.82, 2.24) is 4.57 Å². The van der Waals surface area contributed by atoms with Crippen molar-refractivity contribution >= 4 is 17.8 Å². The highest BCUT2D eigenvalue weighted by Crippen LogP contribution is 2.21. The molecule has 28 heavy (non-hydrogen) atoms. The maximum Gasteiger partial charge on any atom is 0.331 e. The van der Waals surface area contributed by atoms with Crippen molar-refractivity contribution in [3.05, 3.63) is 58.9 Å². The van der Waals surface area contributed by atoms with Gasteiger partial charge in [0.2, 0.25) is 5.78 Å². The second kappa shape index (κ2) is 9.90. The van der Waals surface area contributed by atoms with Gasteiger partial charge in [-0.05, 0) is 50.6 Å². The minimum absolute atomic E-state index is 0.111. The summed E-state index contributed by atoms with van der Waals surface area (Å²) in [6, 6.07) is 9.22. The predicted octanol–water partition coefficient (Wildman–Crippen LogP) is 3.76. The van der Waals surface area contributed by atoms with E-state index in [9.17, 15) is 9.59 Å². The quantitative estimate of drug-likeness (QED) is 0.374. The third-order valence-electron chi connectivity index (χ3n) is 4.48. The SMILES string of the molecule is COC[C@@H](C)n1c(C)cc(C(=O)COC(=O)/C=C/c2cccc(OC)c2)c1C. The summed E-state index contributed by atoms with van der Waals surface area (Å²) >= 11 is 0. The first-order valence-electron chi connectivity index (χ1n) is 9.06. The van der Waals surface area contributed by atoms with Gasteiger partial charge < -0.3 is 18.8 Å². The van der Waals surface area contributed by atoms with Gasteiger partial charge in [0.25, 0.3) is 0 Å².